The van der Waals surface area contributed by atoms with Gasteiger partial charge in [-0.15, -0.1) is 0 Å². The molecule has 0 bridgehead atoms. The van der Waals surface area contributed by atoms with Crippen LogP contribution in [0.1, 0.15) is 31.1 Å². The van der Waals surface area contributed by atoms with Gasteiger partial charge in [-0.05, 0) is 82.3 Å². The Morgan fingerprint density at radius 3 is 1.07 bits per heavy atom. The maximum absolute atomic E-state index is 10.9. The van der Waals surface area contributed by atoms with Crippen molar-refractivity contribution in [3.8, 4) is 11.1 Å². The molecule has 27 heavy (non-hydrogen) atoms. The molecule has 0 unspecified atom stereocenters. The Kier molecular flexibility index (Phi) is 7.74. The lowest BCUT2D eigenvalue weighted by Crippen LogP contribution is -1.92. The molecule has 0 atom stereocenters. The van der Waals surface area contributed by atoms with Crippen LogP contribution in [0.2, 0.25) is 0 Å². The molecule has 3 aromatic carbocycles. The number of rotatable bonds is 4. The first-order valence-corrected chi connectivity index (χ1v) is 8.87. The number of hydrogen-bond acceptors (Lipinski definition) is 3. The second-order valence-electron chi connectivity index (χ2n) is 5.34. The van der Waals surface area contributed by atoms with Crippen LogP contribution in [0.25, 0.3) is 11.1 Å². The van der Waals surface area contributed by atoms with Crippen molar-refractivity contribution in [2.75, 3.05) is 0 Å². The summed E-state index contributed by atoms with van der Waals surface area (Å²) in [5.41, 5.74) is 3.43. The first kappa shape index (κ1) is 20.8. The van der Waals surface area contributed by atoms with Gasteiger partial charge in [0.2, 0.25) is 0 Å². The average molecular weight is 420 g/mol. The smallest absolute Gasteiger partial charge is 0.252 e. The molecule has 0 saturated carbocycles. The van der Waals surface area contributed by atoms with Crippen LogP contribution >= 0.6 is 34.8 Å². The molecule has 3 aromatic rings. The highest BCUT2D eigenvalue weighted by atomic mass is 35.5. The Morgan fingerprint density at radius 2 is 0.741 bits per heavy atom. The maximum Gasteiger partial charge on any atom is 0.252 e. The molecular weight excluding hydrogens is 407 g/mol. The summed E-state index contributed by atoms with van der Waals surface area (Å²) in [5.74, 6) is 0. The molecule has 0 heterocycles. The Balaban J connectivity index is 0.000000199. The SMILES string of the molecule is O=C(Cl)c1ccc(-c2ccccc2)cc1.O=C(Cl)c1ccc(C(=O)Cl)cc1. The highest BCUT2D eigenvalue weighted by molar-refractivity contribution is 6.68. The largest absolute Gasteiger partial charge is 0.276 e. The predicted octanol–water partition coefficient (Wildman–Crippen LogP) is 6.18. The number of carbonyl (C=O) groups is 3. The standard InChI is InChI=1S/C13H9ClO.C8H4Cl2O2/c14-13(15)12-8-6-11(7-9-12)10-4-2-1-3-5-10;9-7(11)5-1-2-6(4-3-5)8(10)12/h1-9H;1-4H. The minimum Gasteiger partial charge on any atom is -0.276 e. The van der Waals surface area contributed by atoms with Crippen molar-refractivity contribution in [1.82, 2.24) is 0 Å². The summed E-state index contributed by atoms with van der Waals surface area (Å²) >= 11 is 15.7. The van der Waals surface area contributed by atoms with E-state index in [9.17, 15) is 14.4 Å². The third-order valence-electron chi connectivity index (χ3n) is 3.56. The Hall–Kier alpha value is -2.46. The maximum atomic E-state index is 10.9. The van der Waals surface area contributed by atoms with E-state index in [2.05, 4.69) is 0 Å². The van der Waals surface area contributed by atoms with E-state index >= 15 is 0 Å². The molecule has 0 amide bonds. The summed E-state index contributed by atoms with van der Waals surface area (Å²) in [5, 5.41) is -1.53. The molecule has 0 spiro atoms. The Bertz CT molecular complexity index is 902. The number of halogens is 3. The number of carbonyl (C=O) groups excluding carboxylic acids is 3. The van der Waals surface area contributed by atoms with Crippen molar-refractivity contribution < 1.29 is 14.4 Å². The lowest BCUT2D eigenvalue weighted by molar-refractivity contribution is 0.107. The Labute approximate surface area is 171 Å². The summed E-state index contributed by atoms with van der Waals surface area (Å²) < 4.78 is 0. The molecular formula is C21H13Cl3O3. The zero-order valence-corrected chi connectivity index (χ0v) is 16.1. The van der Waals surface area contributed by atoms with Crippen LogP contribution < -0.4 is 0 Å². The zero-order valence-electron chi connectivity index (χ0n) is 13.9. The highest BCUT2D eigenvalue weighted by Gasteiger charge is 2.04. The quantitative estimate of drug-likeness (QED) is 0.475. The van der Waals surface area contributed by atoms with Gasteiger partial charge in [0.25, 0.3) is 15.7 Å². The Morgan fingerprint density at radius 1 is 0.444 bits per heavy atom. The lowest BCUT2D eigenvalue weighted by Gasteiger charge is -2.01. The van der Waals surface area contributed by atoms with E-state index in [0.29, 0.717) is 16.7 Å². The third kappa shape index (κ3) is 6.33. The molecule has 0 aliphatic heterocycles. The van der Waals surface area contributed by atoms with E-state index in [1.807, 2.05) is 42.5 Å². The average Bonchev–Trinajstić information content (AvgIpc) is 2.69. The van der Waals surface area contributed by atoms with Crippen molar-refractivity contribution in [3.05, 3.63) is 95.6 Å². The molecule has 0 aliphatic carbocycles. The highest BCUT2D eigenvalue weighted by Crippen LogP contribution is 2.19. The zero-order chi connectivity index (χ0) is 19.8. The van der Waals surface area contributed by atoms with Crippen LogP contribution in [0, 0.1) is 0 Å². The minimum absolute atomic E-state index is 0.346. The third-order valence-corrected chi connectivity index (χ3v) is 4.21. The van der Waals surface area contributed by atoms with Gasteiger partial charge in [-0.25, -0.2) is 0 Å². The van der Waals surface area contributed by atoms with Crippen LogP contribution in [0.15, 0.2) is 78.9 Å². The van der Waals surface area contributed by atoms with Crippen molar-refractivity contribution >= 4 is 50.5 Å². The van der Waals surface area contributed by atoms with Crippen LogP contribution in [-0.2, 0) is 0 Å². The molecule has 0 radical (unpaired) electrons. The molecule has 3 nitrogen and oxygen atoms in total. The number of hydrogen-bond donors (Lipinski definition) is 0. The second kappa shape index (κ2) is 10.0. The van der Waals surface area contributed by atoms with Crippen LogP contribution in [-0.4, -0.2) is 15.7 Å². The molecule has 0 N–H and O–H groups in total. The topological polar surface area (TPSA) is 51.2 Å². The summed E-state index contributed by atoms with van der Waals surface area (Å²) in [6, 6.07) is 23.0. The first-order valence-electron chi connectivity index (χ1n) is 7.73. The van der Waals surface area contributed by atoms with Crippen LogP contribution in [0.3, 0.4) is 0 Å². The van der Waals surface area contributed by atoms with Gasteiger partial charge in [-0.3, -0.25) is 14.4 Å². The second-order valence-corrected chi connectivity index (χ2v) is 6.37. The van der Waals surface area contributed by atoms with Crippen molar-refractivity contribution in [2.24, 2.45) is 0 Å². The molecule has 0 saturated heterocycles. The van der Waals surface area contributed by atoms with Gasteiger partial charge in [-0.1, -0.05) is 42.5 Å². The van der Waals surface area contributed by atoms with Gasteiger partial charge in [-0.2, -0.15) is 0 Å². The van der Waals surface area contributed by atoms with Gasteiger partial charge in [0.15, 0.2) is 0 Å². The van der Waals surface area contributed by atoms with E-state index in [1.165, 1.54) is 24.3 Å². The fourth-order valence-corrected chi connectivity index (χ4v) is 2.53. The van der Waals surface area contributed by atoms with E-state index < -0.39 is 15.7 Å². The van der Waals surface area contributed by atoms with Gasteiger partial charge in [0, 0.05) is 16.7 Å². The fourth-order valence-electron chi connectivity index (χ4n) is 2.16. The van der Waals surface area contributed by atoms with E-state index in [0.717, 1.165) is 11.1 Å². The molecule has 3 rings (SSSR count). The van der Waals surface area contributed by atoms with Gasteiger partial charge < -0.3 is 0 Å². The number of benzene rings is 3. The minimum atomic E-state index is -0.552. The monoisotopic (exact) mass is 418 g/mol. The molecule has 0 aliphatic rings. The fraction of sp³-hybridized carbons (Fsp3) is 0. The van der Waals surface area contributed by atoms with Gasteiger partial charge in [0.05, 0.1) is 0 Å². The molecule has 136 valence electrons. The van der Waals surface area contributed by atoms with Crippen LogP contribution in [0.5, 0.6) is 0 Å². The van der Waals surface area contributed by atoms with Gasteiger partial charge in [0.1, 0.15) is 0 Å². The first-order chi connectivity index (χ1) is 12.9. The van der Waals surface area contributed by atoms with Crippen molar-refractivity contribution in [2.45, 2.75) is 0 Å². The van der Waals surface area contributed by atoms with E-state index in [1.54, 1.807) is 12.1 Å². The summed E-state index contributed by atoms with van der Waals surface area (Å²) in [6.07, 6.45) is 0. The van der Waals surface area contributed by atoms with E-state index in [4.69, 9.17) is 34.8 Å². The molecule has 0 aromatic heterocycles. The van der Waals surface area contributed by atoms with Crippen LogP contribution in [0.4, 0.5) is 0 Å². The summed E-state index contributed by atoms with van der Waals surface area (Å²) in [7, 11) is 0. The predicted molar refractivity (Wildman–Crippen MR) is 109 cm³/mol. The van der Waals surface area contributed by atoms with Gasteiger partial charge >= 0.3 is 0 Å². The van der Waals surface area contributed by atoms with Crippen molar-refractivity contribution in [1.29, 1.82) is 0 Å². The summed E-state index contributed by atoms with van der Waals surface area (Å²) in [6.45, 7) is 0. The normalized spacial score (nSPS) is 9.74. The molecule has 6 heteroatoms. The summed E-state index contributed by atoms with van der Waals surface area (Å²) in [4.78, 5) is 32.0. The van der Waals surface area contributed by atoms with E-state index in [-0.39, 0.29) is 0 Å². The van der Waals surface area contributed by atoms with Crippen molar-refractivity contribution in [3.63, 3.8) is 0 Å². The lowest BCUT2D eigenvalue weighted by atomic mass is 10.0. The molecule has 0 fully saturated rings.